The molecule has 1 heterocycles. The average molecular weight is 278 g/mol. The molecule has 0 fully saturated rings. The highest BCUT2D eigenvalue weighted by molar-refractivity contribution is 5.86. The van der Waals surface area contributed by atoms with Crippen molar-refractivity contribution in [1.82, 2.24) is 15.5 Å². The molecule has 0 atom stereocenters. The Balaban J connectivity index is 1.95. The van der Waals surface area contributed by atoms with Crippen LogP contribution in [0.1, 0.15) is 25.3 Å². The summed E-state index contributed by atoms with van der Waals surface area (Å²) in [4.78, 5) is 11.4. The molecule has 1 aromatic carbocycles. The molecule has 20 heavy (non-hydrogen) atoms. The van der Waals surface area contributed by atoms with Gasteiger partial charge in [0.1, 0.15) is 5.82 Å². The van der Waals surface area contributed by atoms with E-state index in [1.165, 1.54) is 12.1 Å². The van der Waals surface area contributed by atoms with Gasteiger partial charge in [-0.3, -0.25) is 5.32 Å². The Morgan fingerprint density at radius 1 is 1.30 bits per heavy atom. The normalized spacial score (nSPS) is 10.6. The van der Waals surface area contributed by atoms with Gasteiger partial charge in [-0.15, -0.1) is 5.10 Å². The molecule has 0 aliphatic rings. The number of hydrogen-bond donors (Lipinski definition) is 2. The molecule has 2 rings (SSSR count). The second kappa shape index (κ2) is 6.14. The molecule has 0 saturated carbocycles. The first-order valence-corrected chi connectivity index (χ1v) is 6.17. The molecule has 7 heteroatoms. The molecular formula is C13H15FN4O2. The largest absolute Gasteiger partial charge is 0.407 e. The van der Waals surface area contributed by atoms with E-state index in [0.29, 0.717) is 12.3 Å². The van der Waals surface area contributed by atoms with Crippen LogP contribution in [0.5, 0.6) is 0 Å². The second-order valence-electron chi connectivity index (χ2n) is 4.56. The number of rotatable bonds is 4. The molecule has 0 unspecified atom stereocenters. The lowest BCUT2D eigenvalue weighted by Gasteiger charge is -2.06. The van der Waals surface area contributed by atoms with Gasteiger partial charge in [-0.2, -0.15) is 0 Å². The van der Waals surface area contributed by atoms with E-state index in [1.54, 1.807) is 12.1 Å². The third kappa shape index (κ3) is 4.04. The molecule has 6 nitrogen and oxygen atoms in total. The van der Waals surface area contributed by atoms with Crippen molar-refractivity contribution in [2.75, 3.05) is 5.32 Å². The number of halogens is 1. The summed E-state index contributed by atoms with van der Waals surface area (Å²) < 4.78 is 18.1. The Morgan fingerprint density at radius 3 is 2.65 bits per heavy atom. The zero-order valence-electron chi connectivity index (χ0n) is 11.2. The fourth-order valence-corrected chi connectivity index (χ4v) is 1.55. The fourth-order valence-electron chi connectivity index (χ4n) is 1.55. The van der Waals surface area contributed by atoms with Gasteiger partial charge in [0.05, 0.1) is 6.42 Å². The second-order valence-corrected chi connectivity index (χ2v) is 4.56. The zero-order chi connectivity index (χ0) is 14.5. The molecule has 0 spiro atoms. The lowest BCUT2D eigenvalue weighted by Crippen LogP contribution is -2.34. The molecule has 0 radical (unpaired) electrons. The summed E-state index contributed by atoms with van der Waals surface area (Å²) in [6.07, 6.45) is 0.376. The number of nitrogens with one attached hydrogen (secondary N) is 2. The third-order valence-corrected chi connectivity index (χ3v) is 2.38. The predicted octanol–water partition coefficient (Wildman–Crippen LogP) is 2.33. The first-order valence-electron chi connectivity index (χ1n) is 6.17. The smallest absolute Gasteiger partial charge is 0.323 e. The SMILES string of the molecule is CC(C)NC(=O)Nc1nnc(Cc2ccc(F)cc2)o1. The van der Waals surface area contributed by atoms with Gasteiger partial charge in [0.2, 0.25) is 5.89 Å². The lowest BCUT2D eigenvalue weighted by molar-refractivity contribution is 0.249. The average Bonchev–Trinajstić information content (AvgIpc) is 2.78. The minimum Gasteiger partial charge on any atom is -0.407 e. The van der Waals surface area contributed by atoms with Crippen LogP contribution >= 0.6 is 0 Å². The van der Waals surface area contributed by atoms with Gasteiger partial charge in [-0.1, -0.05) is 17.2 Å². The minimum absolute atomic E-state index is 0.0107. The van der Waals surface area contributed by atoms with Crippen molar-refractivity contribution < 1.29 is 13.6 Å². The number of amides is 2. The maximum Gasteiger partial charge on any atom is 0.323 e. The number of carbonyl (C=O) groups excluding carboxylic acids is 1. The molecule has 0 aliphatic carbocycles. The first-order chi connectivity index (χ1) is 9.52. The van der Waals surface area contributed by atoms with Crippen molar-refractivity contribution in [3.05, 3.63) is 41.5 Å². The van der Waals surface area contributed by atoms with Crippen molar-refractivity contribution in [3.63, 3.8) is 0 Å². The number of benzene rings is 1. The van der Waals surface area contributed by atoms with Crippen molar-refractivity contribution in [2.24, 2.45) is 0 Å². The van der Waals surface area contributed by atoms with Crippen LogP contribution in [-0.2, 0) is 6.42 Å². The summed E-state index contributed by atoms with van der Waals surface area (Å²) >= 11 is 0. The molecule has 1 aromatic heterocycles. The van der Waals surface area contributed by atoms with Gasteiger partial charge in [-0.05, 0) is 31.5 Å². The predicted molar refractivity (Wildman–Crippen MR) is 70.8 cm³/mol. The van der Waals surface area contributed by atoms with Crippen molar-refractivity contribution >= 4 is 12.0 Å². The molecule has 2 N–H and O–H groups in total. The number of anilines is 1. The fraction of sp³-hybridized carbons (Fsp3) is 0.308. The van der Waals surface area contributed by atoms with Crippen LogP contribution in [0.3, 0.4) is 0 Å². The molecule has 0 aliphatic heterocycles. The maximum absolute atomic E-state index is 12.8. The van der Waals surface area contributed by atoms with Crippen LogP contribution in [0.15, 0.2) is 28.7 Å². The first kappa shape index (κ1) is 14.0. The summed E-state index contributed by atoms with van der Waals surface area (Å²) in [6, 6.07) is 5.63. The summed E-state index contributed by atoms with van der Waals surface area (Å²) in [6.45, 7) is 3.68. The number of nitrogens with zero attached hydrogens (tertiary/aromatic N) is 2. The van der Waals surface area contributed by atoms with Crippen molar-refractivity contribution in [1.29, 1.82) is 0 Å². The molecule has 2 amide bonds. The standard InChI is InChI=1S/C13H15FN4O2/c1-8(2)15-12(19)16-13-18-17-11(20-13)7-9-3-5-10(14)6-4-9/h3-6,8H,7H2,1-2H3,(H2,15,16,18,19). The Hall–Kier alpha value is -2.44. The summed E-state index contributed by atoms with van der Waals surface area (Å²) in [5.41, 5.74) is 0.841. The monoisotopic (exact) mass is 278 g/mol. The number of hydrogen-bond acceptors (Lipinski definition) is 4. The van der Waals surface area contributed by atoms with E-state index in [4.69, 9.17) is 4.42 Å². The summed E-state index contributed by atoms with van der Waals surface area (Å²) in [5, 5.41) is 12.6. The Morgan fingerprint density at radius 2 is 2.00 bits per heavy atom. The highest BCUT2D eigenvalue weighted by atomic mass is 19.1. The van der Waals surface area contributed by atoms with E-state index in [2.05, 4.69) is 20.8 Å². The van der Waals surface area contributed by atoms with E-state index >= 15 is 0 Å². The Bertz CT molecular complexity index is 580. The maximum atomic E-state index is 12.8. The minimum atomic E-state index is -0.406. The Labute approximate surface area is 115 Å². The van der Waals surface area contributed by atoms with Gasteiger partial charge in [0, 0.05) is 6.04 Å². The van der Waals surface area contributed by atoms with Crippen LogP contribution < -0.4 is 10.6 Å². The zero-order valence-corrected chi connectivity index (χ0v) is 11.2. The number of aromatic nitrogens is 2. The third-order valence-electron chi connectivity index (χ3n) is 2.38. The van der Waals surface area contributed by atoms with Gasteiger partial charge in [0.15, 0.2) is 0 Å². The van der Waals surface area contributed by atoms with Crippen LogP contribution in [0, 0.1) is 5.82 Å². The highest BCUT2D eigenvalue weighted by Gasteiger charge is 2.10. The summed E-state index contributed by atoms with van der Waals surface area (Å²) in [5.74, 6) is 0.0449. The van der Waals surface area contributed by atoms with Gasteiger partial charge in [-0.25, -0.2) is 9.18 Å². The van der Waals surface area contributed by atoms with E-state index < -0.39 is 6.03 Å². The molecule has 0 bridgehead atoms. The van der Waals surface area contributed by atoms with E-state index in [1.807, 2.05) is 13.8 Å². The van der Waals surface area contributed by atoms with Crippen LogP contribution in [0.4, 0.5) is 15.2 Å². The molecule has 0 saturated heterocycles. The summed E-state index contributed by atoms with van der Waals surface area (Å²) in [7, 11) is 0. The quantitative estimate of drug-likeness (QED) is 0.899. The van der Waals surface area contributed by atoms with E-state index in [-0.39, 0.29) is 17.9 Å². The van der Waals surface area contributed by atoms with Gasteiger partial charge < -0.3 is 9.73 Å². The Kier molecular flexibility index (Phi) is 4.29. The molecule has 2 aromatic rings. The van der Waals surface area contributed by atoms with E-state index in [0.717, 1.165) is 5.56 Å². The van der Waals surface area contributed by atoms with Crippen LogP contribution in [0.2, 0.25) is 0 Å². The van der Waals surface area contributed by atoms with Crippen molar-refractivity contribution in [3.8, 4) is 0 Å². The van der Waals surface area contributed by atoms with Gasteiger partial charge >= 0.3 is 12.0 Å². The van der Waals surface area contributed by atoms with Crippen molar-refractivity contribution in [2.45, 2.75) is 26.3 Å². The van der Waals surface area contributed by atoms with E-state index in [9.17, 15) is 9.18 Å². The van der Waals surface area contributed by atoms with Gasteiger partial charge in [0.25, 0.3) is 0 Å². The van der Waals surface area contributed by atoms with Crippen LogP contribution in [-0.4, -0.2) is 22.3 Å². The lowest BCUT2D eigenvalue weighted by atomic mass is 10.1. The number of carbonyl (C=O) groups is 1. The molecule has 106 valence electrons. The molecular weight excluding hydrogens is 263 g/mol. The topological polar surface area (TPSA) is 80.0 Å². The highest BCUT2D eigenvalue weighted by Crippen LogP contribution is 2.11. The van der Waals surface area contributed by atoms with Crippen LogP contribution in [0.25, 0.3) is 0 Å². The number of urea groups is 1.